The molecular weight excluding hydrogens is 677 g/mol. The number of carbonyl (C=O) groups excluding carboxylic acids is 2. The zero-order valence-corrected chi connectivity index (χ0v) is 25.1. The Bertz CT molecular complexity index is 1850. The number of nitrogens with zero attached hydrogens (tertiary/aromatic N) is 5. The summed E-state index contributed by atoms with van der Waals surface area (Å²) in [5, 5.41) is 6.36. The quantitative estimate of drug-likeness (QED) is 0.191. The van der Waals surface area contributed by atoms with E-state index in [0.717, 1.165) is 34.9 Å². The molecule has 1 fully saturated rings. The van der Waals surface area contributed by atoms with E-state index < -0.39 is 49.3 Å². The predicted molar refractivity (Wildman–Crippen MR) is 159 cm³/mol. The fraction of sp³-hybridized carbons (Fsp3) is 0.207. The van der Waals surface area contributed by atoms with Crippen LogP contribution in [0.15, 0.2) is 72.0 Å². The molecule has 3 amide bonds. The lowest BCUT2D eigenvalue weighted by molar-refractivity contribution is -0.274. The number of alkyl halides is 6. The van der Waals surface area contributed by atoms with Crippen LogP contribution in [0.1, 0.15) is 5.56 Å². The maximum Gasteiger partial charge on any atom is 0.573 e. The van der Waals surface area contributed by atoms with Gasteiger partial charge in [-0.25, -0.2) is 18.9 Å². The van der Waals surface area contributed by atoms with Crippen LogP contribution in [0.2, 0.25) is 0 Å². The third kappa shape index (κ3) is 8.59. The van der Waals surface area contributed by atoms with E-state index in [1.165, 1.54) is 60.6 Å². The van der Waals surface area contributed by atoms with Crippen molar-refractivity contribution in [3.05, 3.63) is 78.4 Å². The molecule has 0 saturated carbocycles. The van der Waals surface area contributed by atoms with E-state index in [-0.39, 0.29) is 45.0 Å². The number of amidine groups is 1. The Morgan fingerprint density at radius 2 is 1.75 bits per heavy atom. The molecule has 19 heteroatoms. The van der Waals surface area contributed by atoms with Crippen molar-refractivity contribution in [2.24, 2.45) is 4.99 Å². The number of halogens is 7. The van der Waals surface area contributed by atoms with E-state index in [4.69, 9.17) is 9.47 Å². The molecule has 11 nitrogen and oxygen atoms in total. The van der Waals surface area contributed by atoms with Crippen LogP contribution < -0.4 is 19.7 Å². The standard InChI is InChI=1S/C29H21F7N6O5S/c1-45-20-6-2-17(12-46-14-28(31,32)33)23(11-20)42-24(43)13-48-27(42)39-26(44)38-22-9-3-16(10-21(22)30)25-37-15-41(40-25)18-4-7-19(8-5-18)47-29(34,35)36/h2-11,15H,12-14H2,1H3,(H,38,44). The first-order valence-corrected chi connectivity index (χ1v) is 14.4. The first-order chi connectivity index (χ1) is 22.7. The van der Waals surface area contributed by atoms with Crippen LogP contribution in [-0.2, 0) is 16.1 Å². The number of methoxy groups -OCH3 is 1. The van der Waals surface area contributed by atoms with Crippen LogP contribution in [0.25, 0.3) is 17.1 Å². The largest absolute Gasteiger partial charge is 0.573 e. The second-order valence-corrected chi connectivity index (χ2v) is 10.6. The molecule has 5 rings (SSSR count). The monoisotopic (exact) mass is 698 g/mol. The van der Waals surface area contributed by atoms with Crippen LogP contribution in [0.3, 0.4) is 0 Å². The summed E-state index contributed by atoms with van der Waals surface area (Å²) < 4.78 is 105. The lowest BCUT2D eigenvalue weighted by atomic mass is 10.1. The number of aliphatic imine (C=N–C) groups is 1. The number of urea groups is 1. The predicted octanol–water partition coefficient (Wildman–Crippen LogP) is 6.73. The number of nitrogens with one attached hydrogen (secondary N) is 1. The number of hydrogen-bond acceptors (Lipinski definition) is 8. The highest BCUT2D eigenvalue weighted by atomic mass is 32.2. The summed E-state index contributed by atoms with van der Waals surface area (Å²) in [6.07, 6.45) is -8.15. The summed E-state index contributed by atoms with van der Waals surface area (Å²) in [6, 6.07) is 11.7. The van der Waals surface area contributed by atoms with Gasteiger partial charge in [-0.15, -0.1) is 18.3 Å². The summed E-state index contributed by atoms with van der Waals surface area (Å²) in [4.78, 5) is 34.6. The van der Waals surface area contributed by atoms with E-state index >= 15 is 4.39 Å². The molecule has 0 aliphatic carbocycles. The molecule has 0 radical (unpaired) electrons. The molecule has 1 saturated heterocycles. The first kappa shape index (κ1) is 34.2. The molecule has 2 heterocycles. The Morgan fingerprint density at radius 3 is 2.42 bits per heavy atom. The van der Waals surface area contributed by atoms with Crippen molar-refractivity contribution in [3.8, 4) is 28.6 Å². The SMILES string of the molecule is COc1ccc(COCC(F)(F)F)c(N2C(=O)CSC2=NC(=O)Nc2ccc(-c3ncn(-c4ccc(OC(F)(F)F)cc4)n3)cc2F)c1. The molecule has 0 spiro atoms. The average Bonchev–Trinajstić information content (AvgIpc) is 3.64. The maximum absolute atomic E-state index is 15.1. The summed E-state index contributed by atoms with van der Waals surface area (Å²) in [5.74, 6) is -1.65. The number of rotatable bonds is 9. The molecule has 0 atom stereocenters. The second-order valence-electron chi connectivity index (χ2n) is 9.69. The van der Waals surface area contributed by atoms with E-state index in [0.29, 0.717) is 5.69 Å². The van der Waals surface area contributed by atoms with Gasteiger partial charge in [0.15, 0.2) is 11.0 Å². The highest BCUT2D eigenvalue weighted by Crippen LogP contribution is 2.34. The van der Waals surface area contributed by atoms with Gasteiger partial charge in [-0.05, 0) is 48.5 Å². The van der Waals surface area contributed by atoms with Gasteiger partial charge < -0.3 is 19.5 Å². The summed E-state index contributed by atoms with van der Waals surface area (Å²) in [6.45, 7) is -2.04. The van der Waals surface area contributed by atoms with Crippen molar-refractivity contribution in [2.75, 3.05) is 29.7 Å². The van der Waals surface area contributed by atoms with Gasteiger partial charge in [-0.2, -0.15) is 18.2 Å². The molecule has 48 heavy (non-hydrogen) atoms. The summed E-state index contributed by atoms with van der Waals surface area (Å²) in [5.41, 5.74) is 0.546. The molecular formula is C29H21F7N6O5S. The number of aromatic nitrogens is 3. The minimum Gasteiger partial charge on any atom is -0.497 e. The minimum atomic E-state index is -4.85. The number of anilines is 2. The van der Waals surface area contributed by atoms with E-state index in [2.05, 4.69) is 25.1 Å². The van der Waals surface area contributed by atoms with Gasteiger partial charge in [0.05, 0.1) is 36.5 Å². The van der Waals surface area contributed by atoms with Crippen molar-refractivity contribution in [3.63, 3.8) is 0 Å². The molecule has 0 bridgehead atoms. The van der Waals surface area contributed by atoms with Gasteiger partial charge in [0.25, 0.3) is 0 Å². The van der Waals surface area contributed by atoms with Gasteiger partial charge >= 0.3 is 18.6 Å². The highest BCUT2D eigenvalue weighted by molar-refractivity contribution is 8.15. The summed E-state index contributed by atoms with van der Waals surface area (Å²) in [7, 11) is 1.35. The van der Waals surface area contributed by atoms with E-state index in [9.17, 15) is 35.9 Å². The lowest BCUT2D eigenvalue weighted by Crippen LogP contribution is -2.31. The number of carbonyl (C=O) groups is 2. The summed E-state index contributed by atoms with van der Waals surface area (Å²) >= 11 is 0.884. The van der Waals surface area contributed by atoms with Crippen LogP contribution in [-0.4, -0.2) is 63.9 Å². The lowest BCUT2D eigenvalue weighted by Gasteiger charge is -2.21. The Labute approximate surface area is 270 Å². The van der Waals surface area contributed by atoms with Gasteiger partial charge in [0.2, 0.25) is 5.91 Å². The fourth-order valence-electron chi connectivity index (χ4n) is 4.27. The van der Waals surface area contributed by atoms with Crippen LogP contribution >= 0.6 is 11.8 Å². The van der Waals surface area contributed by atoms with Gasteiger partial charge in [-0.3, -0.25) is 9.69 Å². The van der Waals surface area contributed by atoms with Gasteiger partial charge in [0.1, 0.15) is 30.3 Å². The van der Waals surface area contributed by atoms with Crippen molar-refractivity contribution >= 4 is 40.2 Å². The van der Waals surface area contributed by atoms with Crippen LogP contribution in [0.4, 0.5) is 46.9 Å². The van der Waals surface area contributed by atoms with Crippen molar-refractivity contribution < 1.29 is 54.5 Å². The number of ether oxygens (including phenoxy) is 3. The first-order valence-electron chi connectivity index (χ1n) is 13.4. The molecule has 3 aromatic carbocycles. The zero-order chi connectivity index (χ0) is 34.6. The smallest absolute Gasteiger partial charge is 0.497 e. The molecule has 1 N–H and O–H groups in total. The maximum atomic E-state index is 15.1. The van der Waals surface area contributed by atoms with E-state index in [1.54, 1.807) is 0 Å². The molecule has 1 aromatic heterocycles. The topological polar surface area (TPSA) is 120 Å². The number of benzene rings is 3. The minimum absolute atomic E-state index is 0.0625. The third-order valence-corrected chi connectivity index (χ3v) is 7.24. The van der Waals surface area contributed by atoms with Gasteiger partial charge in [-0.1, -0.05) is 17.8 Å². The fourth-order valence-corrected chi connectivity index (χ4v) is 5.12. The Morgan fingerprint density at radius 1 is 1.02 bits per heavy atom. The number of thioether (sulfide) groups is 1. The Kier molecular flexibility index (Phi) is 9.90. The normalized spacial score (nSPS) is 14.5. The highest BCUT2D eigenvalue weighted by Gasteiger charge is 2.34. The Balaban J connectivity index is 1.30. The molecule has 0 unspecified atom stereocenters. The number of hydrogen-bond donors (Lipinski definition) is 1. The zero-order valence-electron chi connectivity index (χ0n) is 24.3. The van der Waals surface area contributed by atoms with E-state index in [1.807, 2.05) is 0 Å². The molecule has 252 valence electrons. The van der Waals surface area contributed by atoms with Crippen LogP contribution in [0, 0.1) is 5.82 Å². The van der Waals surface area contributed by atoms with Crippen molar-refractivity contribution in [2.45, 2.75) is 19.1 Å². The van der Waals surface area contributed by atoms with Crippen molar-refractivity contribution in [1.82, 2.24) is 14.8 Å². The molecule has 1 aliphatic heterocycles. The third-order valence-electron chi connectivity index (χ3n) is 6.31. The second kappa shape index (κ2) is 13.9. The molecule has 1 aliphatic rings. The molecule has 4 aromatic rings. The average molecular weight is 699 g/mol. The van der Waals surface area contributed by atoms with Gasteiger partial charge in [0, 0.05) is 17.2 Å². The van der Waals surface area contributed by atoms with Crippen molar-refractivity contribution in [1.29, 1.82) is 0 Å². The van der Waals surface area contributed by atoms with Crippen LogP contribution in [0.5, 0.6) is 11.5 Å². The Hall–Kier alpha value is -5.17. The number of amides is 3.